The molecule has 0 radical (unpaired) electrons. The van der Waals surface area contributed by atoms with Crippen LogP contribution in [0.5, 0.6) is 0 Å². The second kappa shape index (κ2) is 5.15. The Morgan fingerprint density at radius 1 is 1.14 bits per heavy atom. The number of anilines is 1. The molecule has 0 bridgehead atoms. The number of nitrogens with one attached hydrogen (secondary N) is 1. The average Bonchev–Trinajstić information content (AvgIpc) is 2.44. The van der Waals surface area contributed by atoms with E-state index in [1.165, 1.54) is 18.2 Å². The smallest absolute Gasteiger partial charge is 0.178 e. The van der Waals surface area contributed by atoms with Gasteiger partial charge in [0.15, 0.2) is 9.84 Å². The molecule has 0 spiro atoms. The Balaban J connectivity index is 1.98. The predicted octanol–water partition coefficient (Wildman–Crippen LogP) is 3.46. The fourth-order valence-corrected chi connectivity index (χ4v) is 4.22. The molecule has 1 aliphatic rings. The van der Waals surface area contributed by atoms with Gasteiger partial charge in [0.2, 0.25) is 0 Å². The fraction of sp³-hybridized carbons (Fsp3) is 0.250. The molecule has 0 aromatic heterocycles. The normalized spacial score (nSPS) is 19.8. The van der Waals surface area contributed by atoms with Crippen molar-refractivity contribution in [1.82, 2.24) is 0 Å². The van der Waals surface area contributed by atoms with Crippen molar-refractivity contribution in [2.45, 2.75) is 24.3 Å². The van der Waals surface area contributed by atoms with Gasteiger partial charge >= 0.3 is 0 Å². The van der Waals surface area contributed by atoms with Crippen LogP contribution in [0.1, 0.15) is 23.6 Å². The van der Waals surface area contributed by atoms with Crippen molar-refractivity contribution >= 4 is 15.5 Å². The maximum absolute atomic E-state index is 13.5. The van der Waals surface area contributed by atoms with Gasteiger partial charge in [-0.15, -0.1) is 0 Å². The van der Waals surface area contributed by atoms with Crippen LogP contribution in [0.2, 0.25) is 0 Å². The average molecular weight is 305 g/mol. The van der Waals surface area contributed by atoms with Crippen LogP contribution in [0.4, 0.5) is 10.1 Å². The van der Waals surface area contributed by atoms with Crippen molar-refractivity contribution in [3.63, 3.8) is 0 Å². The third-order valence-corrected chi connectivity index (χ3v) is 5.57. The van der Waals surface area contributed by atoms with Gasteiger partial charge in [0.25, 0.3) is 0 Å². The Kier molecular flexibility index (Phi) is 3.45. The number of halogens is 1. The van der Waals surface area contributed by atoms with Gasteiger partial charge in [-0.05, 0) is 49.2 Å². The highest BCUT2D eigenvalue weighted by atomic mass is 32.2. The summed E-state index contributed by atoms with van der Waals surface area (Å²) in [7, 11) is -3.30. The Morgan fingerprint density at radius 3 is 2.57 bits per heavy atom. The molecule has 1 atom stereocenters. The highest BCUT2D eigenvalue weighted by molar-refractivity contribution is 7.91. The largest absolute Gasteiger partial charge is 0.378 e. The SMILES string of the molecule is Cc1ccc(NC2CCS(=O)(=O)c3ccc(F)cc32)cc1. The molecule has 1 aliphatic heterocycles. The molecule has 1 heterocycles. The van der Waals surface area contributed by atoms with Crippen molar-refractivity contribution in [2.75, 3.05) is 11.1 Å². The van der Waals surface area contributed by atoms with Crippen LogP contribution < -0.4 is 5.32 Å². The van der Waals surface area contributed by atoms with Gasteiger partial charge in [-0.25, -0.2) is 12.8 Å². The first kappa shape index (κ1) is 14.1. The second-order valence-corrected chi connectivity index (χ2v) is 7.43. The Bertz CT molecular complexity index is 769. The zero-order chi connectivity index (χ0) is 15.0. The molecule has 21 heavy (non-hydrogen) atoms. The number of hydrogen-bond acceptors (Lipinski definition) is 3. The van der Waals surface area contributed by atoms with Crippen LogP contribution >= 0.6 is 0 Å². The summed E-state index contributed by atoms with van der Waals surface area (Å²) in [4.78, 5) is 0.236. The lowest BCUT2D eigenvalue weighted by Crippen LogP contribution is -2.24. The number of fused-ring (bicyclic) bond motifs is 1. The first-order chi connectivity index (χ1) is 9.95. The molecule has 1 N–H and O–H groups in total. The Morgan fingerprint density at radius 2 is 1.86 bits per heavy atom. The minimum Gasteiger partial charge on any atom is -0.378 e. The third kappa shape index (κ3) is 2.78. The van der Waals surface area contributed by atoms with Crippen LogP contribution in [0, 0.1) is 12.7 Å². The summed E-state index contributed by atoms with van der Waals surface area (Å²) < 4.78 is 37.6. The minimum absolute atomic E-state index is 0.0785. The van der Waals surface area contributed by atoms with E-state index in [2.05, 4.69) is 5.32 Å². The Hall–Kier alpha value is -1.88. The van der Waals surface area contributed by atoms with Crippen molar-refractivity contribution < 1.29 is 12.8 Å². The summed E-state index contributed by atoms with van der Waals surface area (Å²) in [5.74, 6) is -0.337. The van der Waals surface area contributed by atoms with Gasteiger partial charge in [-0.1, -0.05) is 17.7 Å². The van der Waals surface area contributed by atoms with Crippen LogP contribution in [0.3, 0.4) is 0 Å². The van der Waals surface area contributed by atoms with Gasteiger partial charge in [0, 0.05) is 5.69 Å². The molecule has 3 rings (SSSR count). The topological polar surface area (TPSA) is 46.2 Å². The lowest BCUT2D eigenvalue weighted by Gasteiger charge is -2.27. The molecule has 5 heteroatoms. The molecule has 1 unspecified atom stereocenters. The molecule has 0 saturated heterocycles. The van der Waals surface area contributed by atoms with Crippen molar-refractivity contribution in [1.29, 1.82) is 0 Å². The molecule has 3 nitrogen and oxygen atoms in total. The molecule has 0 amide bonds. The number of aryl methyl sites for hydroxylation is 1. The highest BCUT2D eigenvalue weighted by Crippen LogP contribution is 2.34. The summed E-state index contributed by atoms with van der Waals surface area (Å²) in [5.41, 5.74) is 2.57. The van der Waals surface area contributed by atoms with E-state index in [1.807, 2.05) is 31.2 Å². The summed E-state index contributed by atoms with van der Waals surface area (Å²) in [6.45, 7) is 2.00. The van der Waals surface area contributed by atoms with E-state index in [0.29, 0.717) is 12.0 Å². The minimum atomic E-state index is -3.30. The van der Waals surface area contributed by atoms with Crippen LogP contribution in [0.25, 0.3) is 0 Å². The molecule has 0 aliphatic carbocycles. The van der Waals surface area contributed by atoms with Gasteiger partial charge < -0.3 is 5.32 Å². The van der Waals surface area contributed by atoms with E-state index < -0.39 is 15.7 Å². The molecule has 0 fully saturated rings. The van der Waals surface area contributed by atoms with Crippen molar-refractivity contribution in [3.8, 4) is 0 Å². The van der Waals surface area contributed by atoms with Gasteiger partial charge in [-0.3, -0.25) is 0 Å². The summed E-state index contributed by atoms with van der Waals surface area (Å²) in [6, 6.07) is 11.5. The first-order valence-electron chi connectivity index (χ1n) is 6.81. The summed E-state index contributed by atoms with van der Waals surface area (Å²) >= 11 is 0. The van der Waals surface area contributed by atoms with E-state index in [1.54, 1.807) is 0 Å². The van der Waals surface area contributed by atoms with Gasteiger partial charge in [0.05, 0.1) is 16.7 Å². The Labute approximate surface area is 123 Å². The third-order valence-electron chi connectivity index (χ3n) is 3.75. The predicted molar refractivity (Wildman–Crippen MR) is 80.6 cm³/mol. The van der Waals surface area contributed by atoms with Crippen LogP contribution in [0.15, 0.2) is 47.4 Å². The number of rotatable bonds is 2. The summed E-state index contributed by atoms with van der Waals surface area (Å²) in [5, 5.41) is 3.30. The van der Waals surface area contributed by atoms with E-state index in [0.717, 1.165) is 11.3 Å². The van der Waals surface area contributed by atoms with Crippen LogP contribution in [-0.4, -0.2) is 14.2 Å². The maximum Gasteiger partial charge on any atom is 0.178 e. The molecule has 2 aromatic rings. The second-order valence-electron chi connectivity index (χ2n) is 5.35. The highest BCUT2D eigenvalue weighted by Gasteiger charge is 2.30. The van der Waals surface area contributed by atoms with E-state index >= 15 is 0 Å². The number of sulfone groups is 1. The zero-order valence-corrected chi connectivity index (χ0v) is 12.5. The quantitative estimate of drug-likeness (QED) is 0.864. The van der Waals surface area contributed by atoms with E-state index in [4.69, 9.17) is 0 Å². The maximum atomic E-state index is 13.5. The van der Waals surface area contributed by atoms with E-state index in [-0.39, 0.29) is 16.7 Å². The molecular formula is C16H16FNO2S. The standard InChI is InChI=1S/C16H16FNO2S/c1-11-2-5-13(6-3-11)18-15-8-9-21(19,20)16-7-4-12(17)10-14(15)16/h2-7,10,15,18H,8-9H2,1H3. The van der Waals surface area contributed by atoms with Crippen LogP contribution in [-0.2, 0) is 9.84 Å². The van der Waals surface area contributed by atoms with Gasteiger partial charge in [0.1, 0.15) is 5.82 Å². The number of benzene rings is 2. The molecule has 110 valence electrons. The monoisotopic (exact) mass is 305 g/mol. The van der Waals surface area contributed by atoms with Crippen molar-refractivity contribution in [3.05, 3.63) is 59.4 Å². The lowest BCUT2D eigenvalue weighted by atomic mass is 10.0. The fourth-order valence-electron chi connectivity index (χ4n) is 2.61. The molecular weight excluding hydrogens is 289 g/mol. The molecule has 2 aromatic carbocycles. The molecule has 0 saturated carbocycles. The van der Waals surface area contributed by atoms with E-state index in [9.17, 15) is 12.8 Å². The number of hydrogen-bond donors (Lipinski definition) is 1. The lowest BCUT2D eigenvalue weighted by molar-refractivity contribution is 0.570. The first-order valence-corrected chi connectivity index (χ1v) is 8.46. The summed E-state index contributed by atoms with van der Waals surface area (Å²) in [6.07, 6.45) is 0.437. The van der Waals surface area contributed by atoms with Crippen molar-refractivity contribution in [2.24, 2.45) is 0 Å². The zero-order valence-electron chi connectivity index (χ0n) is 11.6. The van der Waals surface area contributed by atoms with Gasteiger partial charge in [-0.2, -0.15) is 0 Å².